The maximum absolute atomic E-state index is 12.7. The Hall–Kier alpha value is -1.49. The van der Waals surface area contributed by atoms with Crippen molar-refractivity contribution < 1.29 is 9.53 Å². The van der Waals surface area contributed by atoms with E-state index < -0.39 is 5.54 Å². The number of nitrogens with one attached hydrogen (secondary N) is 1. The Morgan fingerprint density at radius 2 is 2.33 bits per heavy atom. The molecular formula is C17H24N4O2S. The van der Waals surface area contributed by atoms with Gasteiger partial charge in [-0.2, -0.15) is 5.26 Å². The van der Waals surface area contributed by atoms with Gasteiger partial charge in [-0.3, -0.25) is 9.69 Å². The minimum atomic E-state index is -0.676. The average molecular weight is 348 g/mol. The van der Waals surface area contributed by atoms with Crippen LogP contribution in [0.25, 0.3) is 0 Å². The molecule has 24 heavy (non-hydrogen) atoms. The highest BCUT2D eigenvalue weighted by atomic mass is 32.1. The molecule has 1 saturated carbocycles. The van der Waals surface area contributed by atoms with E-state index in [4.69, 9.17) is 4.74 Å². The Kier molecular flexibility index (Phi) is 5.49. The van der Waals surface area contributed by atoms with Crippen LogP contribution in [0, 0.1) is 11.3 Å². The second kappa shape index (κ2) is 7.60. The van der Waals surface area contributed by atoms with E-state index in [9.17, 15) is 10.1 Å². The van der Waals surface area contributed by atoms with Crippen molar-refractivity contribution in [3.8, 4) is 6.07 Å². The number of carbonyl (C=O) groups excluding carboxylic acids is 1. The molecule has 0 aromatic carbocycles. The van der Waals surface area contributed by atoms with Gasteiger partial charge in [0.15, 0.2) is 0 Å². The molecule has 1 saturated heterocycles. The normalized spacial score (nSPS) is 25.6. The number of amides is 1. The molecule has 3 rings (SSSR count). The predicted octanol–water partition coefficient (Wildman–Crippen LogP) is 2.25. The molecule has 1 amide bonds. The van der Waals surface area contributed by atoms with Crippen LogP contribution >= 0.6 is 11.3 Å². The van der Waals surface area contributed by atoms with Gasteiger partial charge in [0, 0.05) is 24.7 Å². The van der Waals surface area contributed by atoms with Crippen molar-refractivity contribution in [2.24, 2.45) is 0 Å². The van der Waals surface area contributed by atoms with Crippen molar-refractivity contribution in [1.29, 1.82) is 5.26 Å². The summed E-state index contributed by atoms with van der Waals surface area (Å²) in [6.45, 7) is 3.87. The molecule has 0 spiro atoms. The number of nitrogens with zero attached hydrogens (tertiary/aromatic N) is 3. The third-order valence-corrected chi connectivity index (χ3v) is 5.90. The number of ether oxygens (including phenoxy) is 1. The molecule has 0 radical (unpaired) electrons. The van der Waals surface area contributed by atoms with Crippen LogP contribution in [-0.4, -0.2) is 47.1 Å². The van der Waals surface area contributed by atoms with Gasteiger partial charge in [0.1, 0.15) is 16.7 Å². The average Bonchev–Trinajstić information content (AvgIpc) is 3.16. The van der Waals surface area contributed by atoms with E-state index in [1.165, 1.54) is 0 Å². The van der Waals surface area contributed by atoms with Crippen LogP contribution in [0.3, 0.4) is 0 Å². The van der Waals surface area contributed by atoms with E-state index in [1.54, 1.807) is 17.5 Å². The summed E-state index contributed by atoms with van der Waals surface area (Å²) in [4.78, 5) is 19.2. The standard InChI is InChI=1S/C17H24N4O2S/c1-13(15(22)20-17(12-18)5-3-2-4-6-17)21-8-9-23-14(11-21)16-19-7-10-24-16/h7,10,13-14H,2-6,8-9,11H2,1H3,(H,20,22)/t13-,14-/m0/s1. The molecule has 1 aliphatic carbocycles. The molecule has 1 aliphatic heterocycles. The zero-order valence-electron chi connectivity index (χ0n) is 14.0. The van der Waals surface area contributed by atoms with Crippen molar-refractivity contribution in [3.63, 3.8) is 0 Å². The topological polar surface area (TPSA) is 78.2 Å². The van der Waals surface area contributed by atoms with Crippen LogP contribution in [0.4, 0.5) is 0 Å². The van der Waals surface area contributed by atoms with E-state index in [1.807, 2.05) is 12.3 Å². The summed E-state index contributed by atoms with van der Waals surface area (Å²) >= 11 is 1.58. The zero-order valence-corrected chi connectivity index (χ0v) is 14.8. The van der Waals surface area contributed by atoms with Crippen molar-refractivity contribution in [2.75, 3.05) is 19.7 Å². The molecular weight excluding hydrogens is 324 g/mol. The number of aromatic nitrogens is 1. The Morgan fingerprint density at radius 3 is 3.00 bits per heavy atom. The summed E-state index contributed by atoms with van der Waals surface area (Å²) in [5.41, 5.74) is -0.676. The van der Waals surface area contributed by atoms with Gasteiger partial charge in [-0.15, -0.1) is 11.3 Å². The Balaban J connectivity index is 1.61. The zero-order chi connectivity index (χ0) is 17.0. The molecule has 7 heteroatoms. The Labute approximate surface area is 146 Å². The first kappa shape index (κ1) is 17.3. The Bertz CT molecular complexity index is 592. The van der Waals surface area contributed by atoms with Crippen LogP contribution < -0.4 is 5.32 Å². The molecule has 6 nitrogen and oxygen atoms in total. The summed E-state index contributed by atoms with van der Waals surface area (Å²) in [5.74, 6) is -0.0572. The lowest BCUT2D eigenvalue weighted by Gasteiger charge is -2.38. The minimum absolute atomic E-state index is 0.0572. The molecule has 1 aromatic heterocycles. The van der Waals surface area contributed by atoms with E-state index in [-0.39, 0.29) is 18.1 Å². The maximum atomic E-state index is 12.7. The van der Waals surface area contributed by atoms with E-state index in [0.717, 1.165) is 43.7 Å². The monoisotopic (exact) mass is 348 g/mol. The minimum Gasteiger partial charge on any atom is -0.368 e. The number of carbonyl (C=O) groups is 1. The van der Waals surface area contributed by atoms with Gasteiger partial charge in [0.2, 0.25) is 5.91 Å². The number of hydrogen-bond donors (Lipinski definition) is 1. The summed E-state index contributed by atoms with van der Waals surface area (Å²) in [5, 5.41) is 15.5. The number of rotatable bonds is 4. The van der Waals surface area contributed by atoms with Crippen molar-refractivity contribution >= 4 is 17.2 Å². The fourth-order valence-corrected chi connectivity index (χ4v) is 4.17. The summed E-state index contributed by atoms with van der Waals surface area (Å²) in [6.07, 6.45) is 6.37. The molecule has 2 fully saturated rings. The maximum Gasteiger partial charge on any atom is 0.238 e. The van der Waals surface area contributed by atoms with Crippen molar-refractivity contribution in [2.45, 2.75) is 56.7 Å². The van der Waals surface area contributed by atoms with Crippen LogP contribution in [0.15, 0.2) is 11.6 Å². The quantitative estimate of drug-likeness (QED) is 0.903. The number of morpholine rings is 1. The third kappa shape index (κ3) is 3.77. The summed E-state index contributed by atoms with van der Waals surface area (Å²) in [7, 11) is 0. The van der Waals surface area contributed by atoms with Gasteiger partial charge in [-0.1, -0.05) is 19.3 Å². The molecule has 2 atom stereocenters. The molecule has 130 valence electrons. The van der Waals surface area contributed by atoms with E-state index >= 15 is 0 Å². The molecule has 2 aliphatic rings. The third-order valence-electron chi connectivity index (χ3n) is 5.04. The number of nitriles is 1. The largest absolute Gasteiger partial charge is 0.368 e. The highest BCUT2D eigenvalue weighted by Crippen LogP contribution is 2.28. The molecule has 2 heterocycles. The molecule has 0 unspecified atom stereocenters. The lowest BCUT2D eigenvalue weighted by molar-refractivity contribution is -0.131. The molecule has 1 N–H and O–H groups in total. The first-order valence-electron chi connectivity index (χ1n) is 8.62. The molecule has 0 bridgehead atoms. The van der Waals surface area contributed by atoms with Crippen molar-refractivity contribution in [3.05, 3.63) is 16.6 Å². The molecule has 1 aromatic rings. The highest BCUT2D eigenvalue weighted by Gasteiger charge is 2.37. The Morgan fingerprint density at radius 1 is 1.54 bits per heavy atom. The second-order valence-corrected chi connectivity index (χ2v) is 7.57. The summed E-state index contributed by atoms with van der Waals surface area (Å²) in [6, 6.07) is 2.08. The van der Waals surface area contributed by atoms with E-state index in [2.05, 4.69) is 21.3 Å². The van der Waals surface area contributed by atoms with Gasteiger partial charge in [0.05, 0.1) is 18.7 Å². The fraction of sp³-hybridized carbons (Fsp3) is 0.706. The lowest BCUT2D eigenvalue weighted by atomic mass is 9.82. The second-order valence-electron chi connectivity index (χ2n) is 6.64. The van der Waals surface area contributed by atoms with Gasteiger partial charge in [0.25, 0.3) is 0 Å². The smallest absolute Gasteiger partial charge is 0.238 e. The highest BCUT2D eigenvalue weighted by molar-refractivity contribution is 7.09. The lowest BCUT2D eigenvalue weighted by Crippen LogP contribution is -2.56. The number of hydrogen-bond acceptors (Lipinski definition) is 6. The van der Waals surface area contributed by atoms with Crippen molar-refractivity contribution in [1.82, 2.24) is 15.2 Å². The first-order valence-corrected chi connectivity index (χ1v) is 9.50. The van der Waals surface area contributed by atoms with Crippen LogP contribution in [0.2, 0.25) is 0 Å². The van der Waals surface area contributed by atoms with Crippen LogP contribution in [-0.2, 0) is 9.53 Å². The van der Waals surface area contributed by atoms with Gasteiger partial charge in [-0.25, -0.2) is 4.98 Å². The van der Waals surface area contributed by atoms with Crippen LogP contribution in [0.5, 0.6) is 0 Å². The predicted molar refractivity (Wildman–Crippen MR) is 91.4 cm³/mol. The SMILES string of the molecule is C[C@@H](C(=O)NC1(C#N)CCCCC1)N1CCO[C@H](c2nccs2)C1. The van der Waals surface area contributed by atoms with E-state index in [0.29, 0.717) is 13.2 Å². The first-order chi connectivity index (χ1) is 11.6. The van der Waals surface area contributed by atoms with Gasteiger partial charge < -0.3 is 10.1 Å². The fourth-order valence-electron chi connectivity index (χ4n) is 3.49. The number of thiazole rings is 1. The van der Waals surface area contributed by atoms with Crippen LogP contribution in [0.1, 0.15) is 50.1 Å². The van der Waals surface area contributed by atoms with Gasteiger partial charge in [-0.05, 0) is 19.8 Å². The summed E-state index contributed by atoms with van der Waals surface area (Å²) < 4.78 is 5.80. The van der Waals surface area contributed by atoms with Gasteiger partial charge >= 0.3 is 0 Å².